The number of hydrogen-bond donors (Lipinski definition) is 1. The van der Waals surface area contributed by atoms with Crippen LogP contribution in [-0.4, -0.2) is 19.1 Å². The van der Waals surface area contributed by atoms with Crippen LogP contribution >= 0.6 is 15.9 Å². The molecule has 0 unspecified atom stereocenters. The van der Waals surface area contributed by atoms with Crippen LogP contribution in [-0.2, 0) is 21.4 Å². The van der Waals surface area contributed by atoms with Crippen LogP contribution in [0.1, 0.15) is 24.0 Å². The van der Waals surface area contributed by atoms with E-state index in [1.54, 1.807) is 0 Å². The molecular weight excluding hydrogens is 294 g/mol. The van der Waals surface area contributed by atoms with Crippen molar-refractivity contribution in [2.45, 2.75) is 24.7 Å². The van der Waals surface area contributed by atoms with E-state index in [1.807, 2.05) is 0 Å². The topological polar surface area (TPSA) is 38.3 Å². The summed E-state index contributed by atoms with van der Waals surface area (Å²) in [7, 11) is 0. The van der Waals surface area contributed by atoms with Crippen LogP contribution < -0.4 is 5.32 Å². The first-order valence-electron chi connectivity index (χ1n) is 6.29. The van der Waals surface area contributed by atoms with Crippen LogP contribution in [0.4, 0.5) is 0 Å². The first kappa shape index (κ1) is 13.6. The maximum absolute atomic E-state index is 11.9. The third-order valence-electron chi connectivity index (χ3n) is 3.24. The van der Waals surface area contributed by atoms with Crippen molar-refractivity contribution in [1.82, 2.24) is 5.32 Å². The zero-order valence-electron chi connectivity index (χ0n) is 10.3. The van der Waals surface area contributed by atoms with Crippen LogP contribution in [0, 0.1) is 5.92 Å². The predicted octanol–water partition coefficient (Wildman–Crippen LogP) is 2.62. The zero-order valence-corrected chi connectivity index (χ0v) is 11.9. The van der Waals surface area contributed by atoms with E-state index in [2.05, 4.69) is 45.5 Å². The van der Waals surface area contributed by atoms with E-state index in [-0.39, 0.29) is 11.8 Å². The van der Waals surface area contributed by atoms with Gasteiger partial charge in [0.05, 0.1) is 0 Å². The first-order valence-corrected chi connectivity index (χ1v) is 7.41. The zero-order chi connectivity index (χ0) is 12.8. The number of carbonyl (C=O) groups is 1. The fraction of sp³-hybridized carbons (Fsp3) is 0.500. The maximum atomic E-state index is 11.9. The number of ether oxygens (including phenoxy) is 1. The highest BCUT2D eigenvalue weighted by molar-refractivity contribution is 9.08. The second kappa shape index (κ2) is 6.90. The van der Waals surface area contributed by atoms with Gasteiger partial charge >= 0.3 is 0 Å². The highest BCUT2D eigenvalue weighted by Gasteiger charge is 2.20. The smallest absolute Gasteiger partial charge is 0.223 e. The summed E-state index contributed by atoms with van der Waals surface area (Å²) in [5, 5.41) is 3.86. The van der Waals surface area contributed by atoms with E-state index >= 15 is 0 Å². The number of rotatable bonds is 4. The molecule has 0 spiro atoms. The summed E-state index contributed by atoms with van der Waals surface area (Å²) in [5.41, 5.74) is 2.38. The summed E-state index contributed by atoms with van der Waals surface area (Å²) in [4.78, 5) is 11.9. The van der Waals surface area contributed by atoms with Gasteiger partial charge in [0.1, 0.15) is 0 Å². The minimum absolute atomic E-state index is 0.126. The summed E-state index contributed by atoms with van der Waals surface area (Å²) >= 11 is 3.41. The molecule has 0 aromatic heterocycles. The van der Waals surface area contributed by atoms with Gasteiger partial charge in [-0.1, -0.05) is 40.2 Å². The molecule has 4 heteroatoms. The number of halogens is 1. The molecule has 0 atom stereocenters. The molecule has 0 bridgehead atoms. The van der Waals surface area contributed by atoms with Gasteiger partial charge < -0.3 is 10.1 Å². The van der Waals surface area contributed by atoms with Crippen LogP contribution in [0.25, 0.3) is 0 Å². The van der Waals surface area contributed by atoms with Crippen LogP contribution in [0.5, 0.6) is 0 Å². The molecule has 1 aliphatic rings. The van der Waals surface area contributed by atoms with Gasteiger partial charge in [-0.05, 0) is 24.0 Å². The van der Waals surface area contributed by atoms with Gasteiger partial charge in [-0.25, -0.2) is 0 Å². The van der Waals surface area contributed by atoms with Gasteiger partial charge in [-0.2, -0.15) is 0 Å². The molecule has 2 rings (SSSR count). The Labute approximate surface area is 116 Å². The second-order valence-electron chi connectivity index (χ2n) is 4.55. The summed E-state index contributed by atoms with van der Waals surface area (Å²) in [6.45, 7) is 2.02. The van der Waals surface area contributed by atoms with E-state index in [4.69, 9.17) is 4.74 Å². The molecular formula is C14H18BrNO2. The lowest BCUT2D eigenvalue weighted by Crippen LogP contribution is -2.33. The number of hydrogen-bond acceptors (Lipinski definition) is 2. The lowest BCUT2D eigenvalue weighted by molar-refractivity contribution is -0.128. The molecule has 0 radical (unpaired) electrons. The van der Waals surface area contributed by atoms with Crippen LogP contribution in [0.2, 0.25) is 0 Å². The lowest BCUT2D eigenvalue weighted by Gasteiger charge is -2.21. The fourth-order valence-electron chi connectivity index (χ4n) is 2.04. The molecule has 1 aromatic carbocycles. The van der Waals surface area contributed by atoms with Crippen molar-refractivity contribution in [1.29, 1.82) is 0 Å². The van der Waals surface area contributed by atoms with E-state index in [1.165, 1.54) is 5.56 Å². The van der Waals surface area contributed by atoms with Gasteiger partial charge in [0.15, 0.2) is 0 Å². The van der Waals surface area contributed by atoms with E-state index in [9.17, 15) is 4.79 Å². The second-order valence-corrected chi connectivity index (χ2v) is 5.12. The normalized spacial score (nSPS) is 16.5. The Kier molecular flexibility index (Phi) is 5.20. The number of benzene rings is 1. The minimum Gasteiger partial charge on any atom is -0.381 e. The molecule has 18 heavy (non-hydrogen) atoms. The average Bonchev–Trinajstić information content (AvgIpc) is 2.46. The Bertz CT molecular complexity index is 385. The molecule has 3 nitrogen and oxygen atoms in total. The molecule has 1 heterocycles. The third kappa shape index (κ3) is 3.82. The van der Waals surface area contributed by atoms with Crippen molar-refractivity contribution >= 4 is 21.8 Å². The maximum Gasteiger partial charge on any atom is 0.223 e. The van der Waals surface area contributed by atoms with Crippen LogP contribution in [0.3, 0.4) is 0 Å². The predicted molar refractivity (Wildman–Crippen MR) is 74.5 cm³/mol. The lowest BCUT2D eigenvalue weighted by atomic mass is 9.99. The molecule has 0 aliphatic carbocycles. The van der Waals surface area contributed by atoms with E-state index < -0.39 is 0 Å². The average molecular weight is 312 g/mol. The Morgan fingerprint density at radius 2 is 1.83 bits per heavy atom. The van der Waals surface area contributed by atoms with E-state index in [0.717, 1.165) is 23.7 Å². The van der Waals surface area contributed by atoms with Crippen molar-refractivity contribution in [2.24, 2.45) is 5.92 Å². The van der Waals surface area contributed by atoms with E-state index in [0.29, 0.717) is 19.8 Å². The number of nitrogens with one attached hydrogen (secondary N) is 1. The highest BCUT2D eigenvalue weighted by atomic mass is 79.9. The van der Waals surface area contributed by atoms with Gasteiger partial charge in [-0.15, -0.1) is 0 Å². The molecule has 0 saturated carbocycles. The molecule has 1 saturated heterocycles. The summed E-state index contributed by atoms with van der Waals surface area (Å²) in [6, 6.07) is 8.26. The summed E-state index contributed by atoms with van der Waals surface area (Å²) in [6.07, 6.45) is 1.68. The van der Waals surface area contributed by atoms with Gasteiger partial charge in [0.2, 0.25) is 5.91 Å². The fourth-order valence-corrected chi connectivity index (χ4v) is 2.41. The first-order chi connectivity index (χ1) is 8.79. The molecule has 98 valence electrons. The number of alkyl halides is 1. The molecule has 1 amide bonds. The van der Waals surface area contributed by atoms with Gasteiger partial charge in [0.25, 0.3) is 0 Å². The Balaban J connectivity index is 1.80. The standard InChI is InChI=1S/C14H18BrNO2/c15-9-11-1-3-12(4-2-11)10-16-14(17)13-5-7-18-8-6-13/h1-4,13H,5-10H2,(H,16,17). The Morgan fingerprint density at radius 3 is 2.44 bits per heavy atom. The van der Waals surface area contributed by atoms with Gasteiger partial charge in [-0.3, -0.25) is 4.79 Å². The summed E-state index contributed by atoms with van der Waals surface area (Å²) in [5.74, 6) is 0.281. The molecule has 1 fully saturated rings. The molecule has 1 N–H and O–H groups in total. The van der Waals surface area contributed by atoms with Crippen molar-refractivity contribution in [3.63, 3.8) is 0 Å². The third-order valence-corrected chi connectivity index (χ3v) is 3.88. The molecule has 1 aliphatic heterocycles. The Morgan fingerprint density at radius 1 is 1.22 bits per heavy atom. The summed E-state index contributed by atoms with van der Waals surface area (Å²) < 4.78 is 5.25. The largest absolute Gasteiger partial charge is 0.381 e. The van der Waals surface area contributed by atoms with Crippen molar-refractivity contribution in [3.05, 3.63) is 35.4 Å². The van der Waals surface area contributed by atoms with Crippen molar-refractivity contribution < 1.29 is 9.53 Å². The number of amides is 1. The quantitative estimate of drug-likeness (QED) is 0.868. The highest BCUT2D eigenvalue weighted by Crippen LogP contribution is 2.15. The minimum atomic E-state index is 0.126. The molecule has 1 aromatic rings. The van der Waals surface area contributed by atoms with Crippen LogP contribution in [0.15, 0.2) is 24.3 Å². The monoisotopic (exact) mass is 311 g/mol. The van der Waals surface area contributed by atoms with Crippen molar-refractivity contribution in [3.8, 4) is 0 Å². The Hall–Kier alpha value is -0.870. The van der Waals surface area contributed by atoms with Crippen molar-refractivity contribution in [2.75, 3.05) is 13.2 Å². The van der Waals surface area contributed by atoms with Gasteiger partial charge in [0, 0.05) is 31.0 Å². The SMILES string of the molecule is O=C(NCc1ccc(CBr)cc1)C1CCOCC1. The number of carbonyl (C=O) groups excluding carboxylic acids is 1.